The van der Waals surface area contributed by atoms with Gasteiger partial charge in [-0.15, -0.1) is 5.10 Å². The number of nitrogens with zero attached hydrogens (tertiary/aromatic N) is 4. The molecule has 2 heterocycles. The Kier molecular flexibility index (Phi) is 7.31. The van der Waals surface area contributed by atoms with Gasteiger partial charge in [0.25, 0.3) is 5.56 Å². The summed E-state index contributed by atoms with van der Waals surface area (Å²) in [5.41, 5.74) is 0.307. The number of hydrogen-bond acceptors (Lipinski definition) is 5. The Balaban J connectivity index is 1.60. The molecule has 0 spiro atoms. The van der Waals surface area contributed by atoms with Crippen LogP contribution in [0, 0.1) is 0 Å². The van der Waals surface area contributed by atoms with Crippen LogP contribution in [0.25, 0.3) is 27.6 Å². The van der Waals surface area contributed by atoms with Gasteiger partial charge in [0.2, 0.25) is 0 Å². The van der Waals surface area contributed by atoms with Crippen molar-refractivity contribution in [3.63, 3.8) is 0 Å². The van der Waals surface area contributed by atoms with Crippen LogP contribution in [0.15, 0.2) is 77.9 Å². The summed E-state index contributed by atoms with van der Waals surface area (Å²) in [7, 11) is 1.42. The number of aromatic carboxylic acids is 1. The van der Waals surface area contributed by atoms with Crippen LogP contribution in [-0.4, -0.2) is 37.7 Å². The highest BCUT2D eigenvalue weighted by Gasteiger charge is 2.35. The van der Waals surface area contributed by atoms with Gasteiger partial charge in [0.05, 0.1) is 36.8 Å². The van der Waals surface area contributed by atoms with Crippen LogP contribution in [0.2, 0.25) is 5.02 Å². The molecule has 1 atom stereocenters. The van der Waals surface area contributed by atoms with Crippen LogP contribution in [0.1, 0.15) is 41.0 Å². The Hall–Kier alpha value is -4.64. The zero-order valence-electron chi connectivity index (χ0n) is 21.7. The summed E-state index contributed by atoms with van der Waals surface area (Å²) in [6.45, 7) is 1.92. The Morgan fingerprint density at radius 3 is 2.41 bits per heavy atom. The SMILES string of the molecule is CCC(c1ccc2cc(C(=O)O)ccc2c1)n1cc(OC)c(-c2cc(Cl)ccc2-n2cc(C(F)(F)F)nn2)cc1=O. The van der Waals surface area contributed by atoms with E-state index >= 15 is 0 Å². The Labute approximate surface area is 236 Å². The number of carbonyl (C=O) groups is 1. The van der Waals surface area contributed by atoms with E-state index in [1.165, 1.54) is 42.0 Å². The van der Waals surface area contributed by atoms with E-state index in [0.717, 1.165) is 27.2 Å². The summed E-state index contributed by atoms with van der Waals surface area (Å²) in [5.74, 6) is -0.733. The van der Waals surface area contributed by atoms with Crippen molar-refractivity contribution >= 4 is 28.3 Å². The summed E-state index contributed by atoms with van der Waals surface area (Å²) in [6.07, 6.45) is -1.83. The second-order valence-corrected chi connectivity index (χ2v) is 9.70. The quantitative estimate of drug-likeness (QED) is 0.231. The molecule has 0 aliphatic heterocycles. The lowest BCUT2D eigenvalue weighted by atomic mass is 9.98. The maximum Gasteiger partial charge on any atom is 0.436 e. The third-order valence-corrected chi connectivity index (χ3v) is 7.00. The molecule has 0 aliphatic rings. The Morgan fingerprint density at radius 1 is 1.02 bits per heavy atom. The molecule has 0 aliphatic carbocycles. The minimum atomic E-state index is -4.68. The van der Waals surface area contributed by atoms with E-state index in [0.29, 0.717) is 22.6 Å². The van der Waals surface area contributed by atoms with Crippen molar-refractivity contribution in [2.45, 2.75) is 25.6 Å². The topological polar surface area (TPSA) is 99.2 Å². The highest BCUT2D eigenvalue weighted by atomic mass is 35.5. The van der Waals surface area contributed by atoms with Gasteiger partial charge in [-0.05, 0) is 59.2 Å². The molecule has 0 amide bonds. The zero-order valence-corrected chi connectivity index (χ0v) is 22.4. The molecule has 1 unspecified atom stereocenters. The molecule has 210 valence electrons. The first-order chi connectivity index (χ1) is 19.5. The minimum Gasteiger partial charge on any atom is -0.495 e. The van der Waals surface area contributed by atoms with E-state index in [1.54, 1.807) is 18.3 Å². The standard InChI is InChI=1S/C29H22ClF3N4O4/c1-3-23(18-6-4-17-11-19(28(39)40)7-5-16(17)10-18)36-14-25(41-2)22(13-27(36)38)21-12-20(30)8-9-24(21)37-15-26(34-35-37)29(31,32)33/h4-15,23H,3H2,1-2H3,(H,39,40). The van der Waals surface area contributed by atoms with Gasteiger partial charge in [-0.2, -0.15) is 13.2 Å². The fraction of sp³-hybridized carbons (Fsp3) is 0.172. The van der Waals surface area contributed by atoms with Gasteiger partial charge in [0.15, 0.2) is 5.69 Å². The van der Waals surface area contributed by atoms with Gasteiger partial charge in [-0.1, -0.05) is 41.9 Å². The first-order valence-corrected chi connectivity index (χ1v) is 12.7. The van der Waals surface area contributed by atoms with Gasteiger partial charge in [-0.3, -0.25) is 4.79 Å². The summed E-state index contributed by atoms with van der Waals surface area (Å²) in [4.78, 5) is 24.9. The van der Waals surface area contributed by atoms with E-state index in [9.17, 15) is 27.9 Å². The molecule has 41 heavy (non-hydrogen) atoms. The van der Waals surface area contributed by atoms with Crippen LogP contribution in [-0.2, 0) is 6.18 Å². The number of rotatable bonds is 7. The molecular formula is C29H22ClF3N4O4. The van der Waals surface area contributed by atoms with Gasteiger partial charge >= 0.3 is 12.1 Å². The summed E-state index contributed by atoms with van der Waals surface area (Å²) >= 11 is 6.24. The number of hydrogen-bond donors (Lipinski definition) is 1. The van der Waals surface area contributed by atoms with Crippen molar-refractivity contribution in [2.75, 3.05) is 7.11 Å². The number of carboxylic acid groups (broad SMARTS) is 1. The number of methoxy groups -OCH3 is 1. The number of alkyl halides is 3. The van der Waals surface area contributed by atoms with Crippen LogP contribution in [0.5, 0.6) is 5.75 Å². The number of halogens is 4. The van der Waals surface area contributed by atoms with Crippen LogP contribution in [0.3, 0.4) is 0 Å². The van der Waals surface area contributed by atoms with Crippen molar-refractivity contribution in [2.24, 2.45) is 0 Å². The van der Waals surface area contributed by atoms with E-state index in [4.69, 9.17) is 16.3 Å². The number of ether oxygens (including phenoxy) is 1. The largest absolute Gasteiger partial charge is 0.495 e. The highest BCUT2D eigenvalue weighted by Crippen LogP contribution is 2.37. The lowest BCUT2D eigenvalue weighted by Crippen LogP contribution is -2.25. The first-order valence-electron chi connectivity index (χ1n) is 12.4. The molecule has 5 rings (SSSR count). The van der Waals surface area contributed by atoms with E-state index in [1.807, 2.05) is 25.1 Å². The maximum atomic E-state index is 13.5. The van der Waals surface area contributed by atoms with E-state index in [2.05, 4.69) is 10.3 Å². The normalized spacial score (nSPS) is 12.4. The monoisotopic (exact) mass is 582 g/mol. The molecule has 5 aromatic rings. The van der Waals surface area contributed by atoms with Crippen molar-refractivity contribution in [3.05, 3.63) is 105 Å². The molecule has 1 N–H and O–H groups in total. The molecule has 8 nitrogen and oxygen atoms in total. The van der Waals surface area contributed by atoms with Crippen molar-refractivity contribution in [1.29, 1.82) is 0 Å². The van der Waals surface area contributed by atoms with Crippen LogP contribution >= 0.6 is 11.6 Å². The van der Waals surface area contributed by atoms with Crippen LogP contribution in [0.4, 0.5) is 13.2 Å². The third kappa shape index (κ3) is 5.40. The molecule has 3 aromatic carbocycles. The first kappa shape index (κ1) is 27.9. The third-order valence-electron chi connectivity index (χ3n) is 6.76. The van der Waals surface area contributed by atoms with E-state index < -0.39 is 23.9 Å². The predicted octanol–water partition coefficient (Wildman–Crippen LogP) is 6.63. The minimum absolute atomic E-state index is 0.176. The molecule has 0 saturated heterocycles. The molecule has 0 saturated carbocycles. The van der Waals surface area contributed by atoms with Crippen molar-refractivity contribution in [1.82, 2.24) is 19.6 Å². The van der Waals surface area contributed by atoms with Gasteiger partial charge in [0.1, 0.15) is 5.75 Å². The second-order valence-electron chi connectivity index (χ2n) is 9.26. The highest BCUT2D eigenvalue weighted by molar-refractivity contribution is 6.31. The zero-order chi connectivity index (χ0) is 29.5. The molecule has 0 bridgehead atoms. The Bertz CT molecular complexity index is 1850. The van der Waals surface area contributed by atoms with Gasteiger partial charge in [-0.25, -0.2) is 9.48 Å². The molecule has 2 aromatic heterocycles. The number of aromatic nitrogens is 4. The average Bonchev–Trinajstić information content (AvgIpc) is 3.44. The number of pyridine rings is 1. The van der Waals surface area contributed by atoms with Crippen molar-refractivity contribution in [3.8, 4) is 22.6 Å². The molecule has 12 heteroatoms. The lowest BCUT2D eigenvalue weighted by Gasteiger charge is -2.22. The summed E-state index contributed by atoms with van der Waals surface area (Å²) < 4.78 is 47.7. The fourth-order valence-corrected chi connectivity index (χ4v) is 4.95. The number of fused-ring (bicyclic) bond motifs is 1. The fourth-order valence-electron chi connectivity index (χ4n) is 4.78. The van der Waals surface area contributed by atoms with Crippen molar-refractivity contribution < 1.29 is 27.8 Å². The summed E-state index contributed by atoms with van der Waals surface area (Å²) in [5, 5.41) is 18.0. The molecule has 0 radical (unpaired) electrons. The number of benzene rings is 3. The average molecular weight is 583 g/mol. The number of carboxylic acids is 1. The Morgan fingerprint density at radius 2 is 1.76 bits per heavy atom. The predicted molar refractivity (Wildman–Crippen MR) is 147 cm³/mol. The summed E-state index contributed by atoms with van der Waals surface area (Å²) in [6, 6.07) is 15.8. The maximum absolute atomic E-state index is 13.5. The van der Waals surface area contributed by atoms with E-state index in [-0.39, 0.29) is 22.6 Å². The molecule has 0 fully saturated rings. The second kappa shape index (κ2) is 10.7. The lowest BCUT2D eigenvalue weighted by molar-refractivity contribution is -0.141. The van der Waals surface area contributed by atoms with Gasteiger partial charge in [0, 0.05) is 22.2 Å². The smallest absolute Gasteiger partial charge is 0.436 e. The molecular weight excluding hydrogens is 561 g/mol. The van der Waals surface area contributed by atoms with Gasteiger partial charge < -0.3 is 14.4 Å². The van der Waals surface area contributed by atoms with Crippen LogP contribution < -0.4 is 10.3 Å².